The molecule has 4 heterocycles. The van der Waals surface area contributed by atoms with Crippen molar-refractivity contribution >= 4 is 50.8 Å². The summed E-state index contributed by atoms with van der Waals surface area (Å²) in [4.78, 5) is 14.1. The molecule has 10 rings (SSSR count). The Morgan fingerprint density at radius 3 is 2.16 bits per heavy atom. The van der Waals surface area contributed by atoms with Gasteiger partial charge in [0.2, 0.25) is 0 Å². The number of nitrogens with zero attached hydrogens (tertiary/aromatic N) is 4. The van der Waals surface area contributed by atoms with Crippen LogP contribution in [0.15, 0.2) is 132 Å². The van der Waals surface area contributed by atoms with Gasteiger partial charge in [-0.2, -0.15) is 0 Å². The minimum atomic E-state index is -3.00. The average Bonchev–Trinajstić information content (AvgIpc) is 3.98. The second-order valence-corrected chi connectivity index (χ2v) is 30.0. The number of imidazole rings is 1. The van der Waals surface area contributed by atoms with Crippen LogP contribution in [0.5, 0.6) is 0 Å². The Morgan fingerprint density at radius 2 is 1.47 bits per heavy atom. The van der Waals surface area contributed by atoms with Crippen LogP contribution in [0.3, 0.4) is 0 Å². The Hall–Kier alpha value is -6.06. The van der Waals surface area contributed by atoms with E-state index in [0.29, 0.717) is 55.7 Å². The zero-order chi connectivity index (χ0) is 60.0. The first kappa shape index (κ1) is 36.0. The minimum Gasteiger partial charge on any atom is 0 e. The van der Waals surface area contributed by atoms with E-state index in [1.165, 1.54) is 42.6 Å². The van der Waals surface area contributed by atoms with Crippen molar-refractivity contribution in [2.45, 2.75) is 90.6 Å². The molecule has 0 bridgehead atoms. The number of aromatic nitrogens is 4. The molecule has 1 radical (unpaired) electrons. The Balaban J connectivity index is 0.000000291. The van der Waals surface area contributed by atoms with Crippen LogP contribution >= 0.6 is 0 Å². The molecule has 0 aliphatic rings. The van der Waals surface area contributed by atoms with Crippen molar-refractivity contribution in [1.29, 1.82) is 0 Å². The van der Waals surface area contributed by atoms with E-state index in [4.69, 9.17) is 32.2 Å². The first-order valence-electron chi connectivity index (χ1n) is 29.0. The number of fused-ring (bicyclic) bond motifs is 4. The number of benzene rings is 6. The summed E-state index contributed by atoms with van der Waals surface area (Å²) in [6, 6.07) is 38.5. The fourth-order valence-corrected chi connectivity index (χ4v) is 12.0. The molecule has 0 unspecified atom stereocenters. The third-order valence-corrected chi connectivity index (χ3v) is 16.4. The van der Waals surface area contributed by atoms with Crippen LogP contribution in [-0.2, 0) is 25.5 Å². The zero-order valence-corrected chi connectivity index (χ0v) is 44.4. The number of pyridine rings is 2. The van der Waals surface area contributed by atoms with Gasteiger partial charge in [0, 0.05) is 49.8 Å². The van der Waals surface area contributed by atoms with Crippen LogP contribution in [0.1, 0.15) is 91.7 Å². The van der Waals surface area contributed by atoms with Gasteiger partial charge in [-0.25, -0.2) is 4.39 Å². The van der Waals surface area contributed by atoms with Gasteiger partial charge >= 0.3 is 135 Å². The van der Waals surface area contributed by atoms with Crippen LogP contribution in [0.4, 0.5) is 8.78 Å². The summed E-state index contributed by atoms with van der Waals surface area (Å²) in [7, 11) is 0. The summed E-state index contributed by atoms with van der Waals surface area (Å²) < 4.78 is 143. The van der Waals surface area contributed by atoms with Crippen LogP contribution < -0.4 is 4.40 Å². The topological polar surface area (TPSA) is 56.7 Å². The van der Waals surface area contributed by atoms with Crippen molar-refractivity contribution in [1.82, 2.24) is 19.5 Å². The standard InChI is InChI=1S/C43H35FN3O.C18H23FGeN.Ir/c1-25-20-29(21-26(2)27(25)3)30-22-38-39(45-24-30)33-15-10-16-34(41(33)48-38)42-46-36-19-18-31(44)23-37(36)47(42)40-32(28-12-8-7-9-13-28)14-11-17-35(40)43(4,5)6;1-12(2)15-10-17(21-11-16(15)20(4,5)6)14-9-7-8-13(3)18(14)19;/h7-15,17-24H,1-6H3;7-8,10-12H,1-6H3;/q2*-1;/i1D3,2D3,3D3;3D3,12D;. The van der Waals surface area contributed by atoms with E-state index in [9.17, 15) is 4.39 Å². The summed E-state index contributed by atoms with van der Waals surface area (Å²) in [5.41, 5.74) is 5.46. The Morgan fingerprint density at radius 1 is 0.743 bits per heavy atom. The molecule has 0 fully saturated rings. The Kier molecular flexibility index (Phi) is 10.1. The van der Waals surface area contributed by atoms with E-state index in [0.717, 1.165) is 32.3 Å². The first-order chi connectivity index (χ1) is 37.9. The molecule has 0 spiro atoms. The number of aryl methyl sites for hydroxylation is 3. The molecule has 0 amide bonds. The SMILES string of the molecule is [2H]C([2H])([2H])c1cc(-c2cnc3c(c2)oc2c(-c4nc5ccc(F)cc5n4-c4c(-c5ccccc5)cccc4C(C)(C)C)[c-]ccc23)cc(C([2H])([2H])[2H])c1C([2H])([2H])[2H].[2H]C([2H])([2H])c1cc[c-]c(-c2cc(C([2H])(C)C)[c]([Ge]([CH3])([CH3])[CH3])cn2)c1F.[Ir]. The van der Waals surface area contributed by atoms with Crippen LogP contribution in [-0.4, -0.2) is 32.8 Å². The van der Waals surface area contributed by atoms with Crippen molar-refractivity contribution in [3.63, 3.8) is 0 Å². The third kappa shape index (κ3) is 9.58. The second-order valence-electron chi connectivity index (χ2n) is 19.4. The van der Waals surface area contributed by atoms with E-state index in [1.807, 2.05) is 47.0 Å². The predicted molar refractivity (Wildman–Crippen MR) is 284 cm³/mol. The van der Waals surface area contributed by atoms with Gasteiger partial charge in [-0.1, -0.05) is 87.0 Å². The molecule has 0 saturated carbocycles. The fourth-order valence-electron chi connectivity index (χ4n) is 8.70. The van der Waals surface area contributed by atoms with E-state index in [1.54, 1.807) is 50.4 Å². The number of halogens is 2. The molecule has 0 saturated heterocycles. The van der Waals surface area contributed by atoms with Gasteiger partial charge in [0.25, 0.3) is 0 Å². The number of hydrogen-bond donors (Lipinski definition) is 0. The van der Waals surface area contributed by atoms with Crippen LogP contribution in [0.2, 0.25) is 17.3 Å². The summed E-state index contributed by atoms with van der Waals surface area (Å²) in [5.74, 6) is 4.98. The van der Waals surface area contributed by atoms with Crippen molar-refractivity contribution < 1.29 is 51.1 Å². The summed E-state index contributed by atoms with van der Waals surface area (Å²) >= 11 is -2.28. The van der Waals surface area contributed by atoms with E-state index in [-0.39, 0.29) is 42.2 Å². The number of hydrogen-bond acceptors (Lipinski definition) is 4. The normalized spacial score (nSPS) is 15.5. The molecule has 70 heavy (non-hydrogen) atoms. The second kappa shape index (κ2) is 19.6. The molecular weight excluding hydrogens is 1110 g/mol. The van der Waals surface area contributed by atoms with E-state index < -0.39 is 74.9 Å². The molecular formula is C61H58F2GeIrN4O-2. The summed E-state index contributed by atoms with van der Waals surface area (Å²) in [6.07, 6.45) is 3.20. The molecule has 10 aromatic rings. The molecule has 0 aliphatic heterocycles. The predicted octanol–water partition coefficient (Wildman–Crippen LogP) is 16.1. The Bertz CT molecular complexity index is 4060. The molecule has 357 valence electrons. The Labute approximate surface area is 445 Å². The average molecular weight is 1180 g/mol. The number of furan rings is 1. The van der Waals surface area contributed by atoms with Crippen molar-refractivity contribution in [3.05, 3.63) is 185 Å². The van der Waals surface area contributed by atoms with Gasteiger partial charge in [0.1, 0.15) is 11.4 Å². The first-order valence-corrected chi connectivity index (χ1v) is 29.8. The van der Waals surface area contributed by atoms with Crippen LogP contribution in [0, 0.1) is 51.2 Å². The summed E-state index contributed by atoms with van der Waals surface area (Å²) in [6.45, 7) is -1.45. The van der Waals surface area contributed by atoms with Crippen LogP contribution in [0.25, 0.3) is 83.7 Å². The molecule has 9 heteroatoms. The quantitative estimate of drug-likeness (QED) is 0.118. The molecule has 5 nitrogen and oxygen atoms in total. The van der Waals surface area contributed by atoms with Gasteiger partial charge < -0.3 is 8.98 Å². The molecule has 0 N–H and O–H groups in total. The maximum Gasteiger partial charge on any atom is 0 e. The van der Waals surface area contributed by atoms with Gasteiger partial charge in [-0.3, -0.25) is 9.97 Å². The molecule has 0 aliphatic carbocycles. The molecule has 0 atom stereocenters. The van der Waals surface area contributed by atoms with Crippen molar-refractivity contribution in [3.8, 4) is 50.6 Å². The summed E-state index contributed by atoms with van der Waals surface area (Å²) in [5, 5.41) is 0.617. The maximum atomic E-state index is 15.2. The van der Waals surface area contributed by atoms with E-state index >= 15 is 4.39 Å². The smallest absolute Gasteiger partial charge is 0 e. The zero-order valence-electron chi connectivity index (χ0n) is 52.9. The molecule has 6 aromatic carbocycles. The largest absolute Gasteiger partial charge is 0 e. The number of rotatable bonds is 7. The van der Waals surface area contributed by atoms with Crippen molar-refractivity contribution in [2.24, 2.45) is 0 Å². The van der Waals surface area contributed by atoms with Gasteiger partial charge in [0.15, 0.2) is 0 Å². The molecule has 4 aromatic heterocycles. The number of para-hydroxylation sites is 1. The third-order valence-electron chi connectivity index (χ3n) is 12.2. The fraction of sp³-hybridized carbons (Fsp3) is 0.230. The van der Waals surface area contributed by atoms with Gasteiger partial charge in [-0.05, 0) is 89.0 Å². The maximum absolute atomic E-state index is 15.2. The van der Waals surface area contributed by atoms with Crippen molar-refractivity contribution in [2.75, 3.05) is 0 Å². The van der Waals surface area contributed by atoms with E-state index in [2.05, 4.69) is 61.2 Å². The monoisotopic (exact) mass is 1180 g/mol. The minimum absolute atomic E-state index is 0. The van der Waals surface area contributed by atoms with Gasteiger partial charge in [0.05, 0.1) is 33.6 Å². The van der Waals surface area contributed by atoms with Gasteiger partial charge in [-0.15, -0.1) is 18.2 Å².